The Hall–Kier alpha value is -0.810. The summed E-state index contributed by atoms with van der Waals surface area (Å²) in [6.07, 6.45) is 0.449. The van der Waals surface area contributed by atoms with Gasteiger partial charge in [0.05, 0.1) is 5.56 Å². The van der Waals surface area contributed by atoms with Crippen molar-refractivity contribution < 1.29 is 9.59 Å². The SMILES string of the molecule is CC(C)(C)C(=O)c1ccsc1N1CC(S)CC1=O. The molecule has 5 heteroatoms. The lowest BCUT2D eigenvalue weighted by Gasteiger charge is -2.20. The van der Waals surface area contributed by atoms with Crippen molar-refractivity contribution in [2.45, 2.75) is 32.4 Å². The van der Waals surface area contributed by atoms with Gasteiger partial charge in [0.25, 0.3) is 0 Å². The molecule has 2 heterocycles. The van der Waals surface area contributed by atoms with E-state index >= 15 is 0 Å². The van der Waals surface area contributed by atoms with Crippen molar-refractivity contribution in [3.05, 3.63) is 17.0 Å². The molecule has 18 heavy (non-hydrogen) atoms. The van der Waals surface area contributed by atoms with E-state index in [0.29, 0.717) is 18.5 Å². The van der Waals surface area contributed by atoms with Crippen LogP contribution < -0.4 is 4.90 Å². The zero-order valence-electron chi connectivity index (χ0n) is 10.8. The number of ketones is 1. The van der Waals surface area contributed by atoms with Crippen LogP contribution >= 0.6 is 24.0 Å². The summed E-state index contributed by atoms with van der Waals surface area (Å²) in [6, 6.07) is 1.81. The Labute approximate surface area is 117 Å². The monoisotopic (exact) mass is 283 g/mol. The summed E-state index contributed by atoms with van der Waals surface area (Å²) >= 11 is 5.79. The van der Waals surface area contributed by atoms with Gasteiger partial charge < -0.3 is 4.90 Å². The summed E-state index contributed by atoms with van der Waals surface area (Å²) in [5.41, 5.74) is 0.224. The number of amides is 1. The van der Waals surface area contributed by atoms with Crippen molar-refractivity contribution in [3.63, 3.8) is 0 Å². The van der Waals surface area contributed by atoms with Crippen LogP contribution in [0.2, 0.25) is 0 Å². The Balaban J connectivity index is 2.34. The maximum Gasteiger partial charge on any atom is 0.228 e. The second-order valence-corrected chi connectivity index (χ2v) is 7.21. The van der Waals surface area contributed by atoms with E-state index in [2.05, 4.69) is 12.6 Å². The normalized spacial score (nSPS) is 20.6. The second kappa shape index (κ2) is 4.70. The average molecular weight is 283 g/mol. The minimum Gasteiger partial charge on any atom is -0.302 e. The van der Waals surface area contributed by atoms with E-state index in [0.717, 1.165) is 5.00 Å². The van der Waals surface area contributed by atoms with Gasteiger partial charge in [-0.25, -0.2) is 0 Å². The zero-order valence-corrected chi connectivity index (χ0v) is 12.5. The molecule has 1 aliphatic rings. The fourth-order valence-corrected chi connectivity index (χ4v) is 3.22. The highest BCUT2D eigenvalue weighted by molar-refractivity contribution is 7.81. The van der Waals surface area contributed by atoms with Crippen LogP contribution in [0, 0.1) is 5.41 Å². The molecule has 0 aliphatic carbocycles. The Bertz CT molecular complexity index is 487. The lowest BCUT2D eigenvalue weighted by Crippen LogP contribution is -2.27. The molecule has 0 bridgehead atoms. The molecule has 0 spiro atoms. The van der Waals surface area contributed by atoms with Crippen LogP contribution in [-0.4, -0.2) is 23.5 Å². The van der Waals surface area contributed by atoms with E-state index in [-0.39, 0.29) is 16.9 Å². The van der Waals surface area contributed by atoms with Crippen LogP contribution in [-0.2, 0) is 4.79 Å². The molecule has 2 rings (SSSR count). The molecule has 1 aromatic heterocycles. The first-order valence-electron chi connectivity index (χ1n) is 5.91. The average Bonchev–Trinajstić information content (AvgIpc) is 2.81. The lowest BCUT2D eigenvalue weighted by atomic mass is 9.87. The van der Waals surface area contributed by atoms with Gasteiger partial charge in [-0.3, -0.25) is 9.59 Å². The van der Waals surface area contributed by atoms with E-state index in [1.165, 1.54) is 11.3 Å². The predicted molar refractivity (Wildman–Crippen MR) is 77.8 cm³/mol. The molecule has 3 nitrogen and oxygen atoms in total. The Morgan fingerprint density at radius 3 is 2.67 bits per heavy atom. The van der Waals surface area contributed by atoms with Gasteiger partial charge in [0.15, 0.2) is 5.78 Å². The topological polar surface area (TPSA) is 37.4 Å². The molecular weight excluding hydrogens is 266 g/mol. The van der Waals surface area contributed by atoms with Crippen LogP contribution in [0.25, 0.3) is 0 Å². The first kappa shape index (κ1) is 13.6. The van der Waals surface area contributed by atoms with Gasteiger partial charge in [-0.05, 0) is 11.4 Å². The quantitative estimate of drug-likeness (QED) is 0.669. The van der Waals surface area contributed by atoms with Crippen LogP contribution in [0.15, 0.2) is 11.4 Å². The smallest absolute Gasteiger partial charge is 0.228 e. The lowest BCUT2D eigenvalue weighted by molar-refractivity contribution is -0.116. The molecule has 0 N–H and O–H groups in total. The highest BCUT2D eigenvalue weighted by Crippen LogP contribution is 2.35. The number of Topliss-reactive ketones (excluding diaryl/α,β-unsaturated/α-hetero) is 1. The van der Waals surface area contributed by atoms with Gasteiger partial charge in [-0.15, -0.1) is 11.3 Å². The van der Waals surface area contributed by atoms with Crippen LogP contribution in [0.4, 0.5) is 5.00 Å². The molecule has 1 aromatic rings. The number of carbonyl (C=O) groups is 2. The maximum absolute atomic E-state index is 12.3. The number of thiophene rings is 1. The summed E-state index contributed by atoms with van der Waals surface area (Å²) in [6.45, 7) is 6.27. The van der Waals surface area contributed by atoms with Gasteiger partial charge >= 0.3 is 0 Å². The summed E-state index contributed by atoms with van der Waals surface area (Å²) in [4.78, 5) is 25.9. The Morgan fingerprint density at radius 1 is 1.50 bits per heavy atom. The predicted octanol–water partition coefficient (Wildman–Crippen LogP) is 3.01. The number of rotatable bonds is 2. The van der Waals surface area contributed by atoms with E-state index in [9.17, 15) is 9.59 Å². The standard InChI is InChI=1S/C13H17NO2S2/c1-13(2,3)11(16)9-4-5-18-12(9)14-7-8(17)6-10(14)15/h4-5,8,17H,6-7H2,1-3H3. The molecule has 1 unspecified atom stereocenters. The number of thiol groups is 1. The third-order valence-electron chi connectivity index (χ3n) is 2.92. The molecule has 0 radical (unpaired) electrons. The molecule has 1 atom stereocenters. The molecule has 1 fully saturated rings. The third kappa shape index (κ3) is 2.47. The Kier molecular flexibility index (Phi) is 3.56. The van der Waals surface area contributed by atoms with Crippen molar-refractivity contribution in [1.82, 2.24) is 0 Å². The zero-order chi connectivity index (χ0) is 13.5. The van der Waals surface area contributed by atoms with Gasteiger partial charge in [0.2, 0.25) is 5.91 Å². The molecule has 0 aromatic carbocycles. The second-order valence-electron chi connectivity index (χ2n) is 5.58. The largest absolute Gasteiger partial charge is 0.302 e. The number of hydrogen-bond acceptors (Lipinski definition) is 4. The van der Waals surface area contributed by atoms with Crippen molar-refractivity contribution in [2.24, 2.45) is 5.41 Å². The minimum atomic E-state index is -0.432. The first-order chi connectivity index (χ1) is 8.30. The van der Waals surface area contributed by atoms with Gasteiger partial charge in [-0.2, -0.15) is 12.6 Å². The molecule has 0 saturated carbocycles. The molecular formula is C13H17NO2S2. The van der Waals surface area contributed by atoms with Crippen LogP contribution in [0.1, 0.15) is 37.6 Å². The highest BCUT2D eigenvalue weighted by Gasteiger charge is 2.34. The molecule has 1 saturated heterocycles. The highest BCUT2D eigenvalue weighted by atomic mass is 32.1. The third-order valence-corrected chi connectivity index (χ3v) is 4.20. The number of anilines is 1. The van der Waals surface area contributed by atoms with Gasteiger partial charge in [0, 0.05) is 23.6 Å². The molecule has 1 aliphatic heterocycles. The van der Waals surface area contributed by atoms with Crippen molar-refractivity contribution >= 4 is 40.7 Å². The number of hydrogen-bond donors (Lipinski definition) is 1. The Morgan fingerprint density at radius 2 is 2.17 bits per heavy atom. The minimum absolute atomic E-state index is 0.0559. The molecule has 98 valence electrons. The summed E-state index contributed by atoms with van der Waals surface area (Å²) in [7, 11) is 0. The fraction of sp³-hybridized carbons (Fsp3) is 0.538. The van der Waals surface area contributed by atoms with Gasteiger partial charge in [-0.1, -0.05) is 20.8 Å². The van der Waals surface area contributed by atoms with Crippen molar-refractivity contribution in [2.75, 3.05) is 11.4 Å². The maximum atomic E-state index is 12.3. The first-order valence-corrected chi connectivity index (χ1v) is 7.31. The summed E-state index contributed by atoms with van der Waals surface area (Å²) < 4.78 is 0. The fourth-order valence-electron chi connectivity index (χ4n) is 1.97. The van der Waals surface area contributed by atoms with Crippen LogP contribution in [0.3, 0.4) is 0 Å². The van der Waals surface area contributed by atoms with Crippen LogP contribution in [0.5, 0.6) is 0 Å². The van der Waals surface area contributed by atoms with Gasteiger partial charge in [0.1, 0.15) is 5.00 Å². The number of carbonyl (C=O) groups excluding carboxylic acids is 2. The van der Waals surface area contributed by atoms with E-state index in [1.54, 1.807) is 4.90 Å². The van der Waals surface area contributed by atoms with Crippen molar-refractivity contribution in [1.29, 1.82) is 0 Å². The molecule has 1 amide bonds. The van der Waals surface area contributed by atoms with E-state index in [1.807, 2.05) is 32.2 Å². The summed E-state index contributed by atoms with van der Waals surface area (Å²) in [5, 5.41) is 2.71. The van der Waals surface area contributed by atoms with E-state index < -0.39 is 5.41 Å². The number of nitrogens with zero attached hydrogens (tertiary/aromatic N) is 1. The van der Waals surface area contributed by atoms with E-state index in [4.69, 9.17) is 0 Å². The van der Waals surface area contributed by atoms with Crippen molar-refractivity contribution in [3.8, 4) is 0 Å². The summed E-state index contributed by atoms with van der Waals surface area (Å²) in [5.74, 6) is 0.134.